The van der Waals surface area contributed by atoms with Crippen LogP contribution in [0.15, 0.2) is 12.3 Å². The number of carboxylic acid groups (broad SMARTS) is 1. The standard InChI is InChI=1S/C12H14N4O2/c1-12(11(17)18)4-2-6-16(8-12)10-9(7-13)3-5-14-15-10/h3,5H,2,4,6,8H2,1H3,(H,17,18). The third-order valence-electron chi connectivity index (χ3n) is 3.33. The van der Waals surface area contributed by atoms with E-state index in [1.807, 2.05) is 4.90 Å². The van der Waals surface area contributed by atoms with Gasteiger partial charge in [0.2, 0.25) is 0 Å². The zero-order chi connectivity index (χ0) is 13.2. The van der Waals surface area contributed by atoms with Crippen LogP contribution in [-0.2, 0) is 4.79 Å². The van der Waals surface area contributed by atoms with Crippen molar-refractivity contribution in [2.45, 2.75) is 19.8 Å². The average molecular weight is 246 g/mol. The molecule has 0 spiro atoms. The number of nitriles is 1. The average Bonchev–Trinajstić information content (AvgIpc) is 2.38. The molecule has 1 atom stereocenters. The number of piperidine rings is 1. The quantitative estimate of drug-likeness (QED) is 0.838. The maximum absolute atomic E-state index is 11.3. The van der Waals surface area contributed by atoms with Crippen molar-refractivity contribution < 1.29 is 9.90 Å². The summed E-state index contributed by atoms with van der Waals surface area (Å²) in [5, 5.41) is 26.0. The van der Waals surface area contributed by atoms with Gasteiger partial charge < -0.3 is 10.0 Å². The zero-order valence-corrected chi connectivity index (χ0v) is 10.1. The molecule has 2 heterocycles. The van der Waals surface area contributed by atoms with Crippen molar-refractivity contribution in [3.8, 4) is 6.07 Å². The molecule has 6 heteroatoms. The minimum atomic E-state index is -0.811. The molecule has 94 valence electrons. The Bertz CT molecular complexity index is 511. The van der Waals surface area contributed by atoms with E-state index in [0.717, 1.165) is 6.42 Å². The highest BCUT2D eigenvalue weighted by Crippen LogP contribution is 2.32. The Morgan fingerprint density at radius 1 is 1.67 bits per heavy atom. The molecule has 0 bridgehead atoms. The second-order valence-corrected chi connectivity index (χ2v) is 4.77. The second kappa shape index (κ2) is 4.61. The van der Waals surface area contributed by atoms with E-state index in [4.69, 9.17) is 5.26 Å². The number of aromatic nitrogens is 2. The van der Waals surface area contributed by atoms with E-state index in [-0.39, 0.29) is 0 Å². The molecule has 1 unspecified atom stereocenters. The lowest BCUT2D eigenvalue weighted by Crippen LogP contribution is -2.46. The van der Waals surface area contributed by atoms with Crippen LogP contribution >= 0.6 is 0 Å². The van der Waals surface area contributed by atoms with Gasteiger partial charge in [-0.15, -0.1) is 5.10 Å². The van der Waals surface area contributed by atoms with Gasteiger partial charge >= 0.3 is 5.97 Å². The lowest BCUT2D eigenvalue weighted by Gasteiger charge is -2.38. The number of aliphatic carboxylic acids is 1. The molecule has 0 saturated carbocycles. The molecule has 0 aromatic carbocycles. The normalized spacial score (nSPS) is 23.4. The molecule has 1 aliphatic heterocycles. The Balaban J connectivity index is 2.29. The predicted octanol–water partition coefficient (Wildman–Crippen LogP) is 1.04. The number of hydrogen-bond donors (Lipinski definition) is 1. The van der Waals surface area contributed by atoms with E-state index in [9.17, 15) is 9.90 Å². The van der Waals surface area contributed by atoms with Gasteiger partial charge in [-0.3, -0.25) is 4.79 Å². The molecule has 1 aromatic rings. The molecule has 1 N–H and O–H groups in total. The molecular weight excluding hydrogens is 232 g/mol. The van der Waals surface area contributed by atoms with E-state index in [0.29, 0.717) is 30.9 Å². The zero-order valence-electron chi connectivity index (χ0n) is 10.1. The fourth-order valence-electron chi connectivity index (χ4n) is 2.24. The van der Waals surface area contributed by atoms with Gasteiger partial charge in [0.15, 0.2) is 5.82 Å². The van der Waals surface area contributed by atoms with Gasteiger partial charge in [0, 0.05) is 13.1 Å². The first kappa shape index (κ1) is 12.3. The third-order valence-corrected chi connectivity index (χ3v) is 3.33. The minimum absolute atomic E-state index is 0.357. The summed E-state index contributed by atoms with van der Waals surface area (Å²) in [6.07, 6.45) is 2.87. The summed E-state index contributed by atoms with van der Waals surface area (Å²) in [6.45, 7) is 2.79. The van der Waals surface area contributed by atoms with Gasteiger partial charge in [-0.2, -0.15) is 10.4 Å². The Morgan fingerprint density at radius 2 is 2.44 bits per heavy atom. The van der Waals surface area contributed by atoms with E-state index >= 15 is 0 Å². The van der Waals surface area contributed by atoms with Gasteiger partial charge in [0.05, 0.1) is 17.2 Å². The number of nitrogens with zero attached hydrogens (tertiary/aromatic N) is 4. The van der Waals surface area contributed by atoms with Crippen molar-refractivity contribution in [2.75, 3.05) is 18.0 Å². The van der Waals surface area contributed by atoms with Crippen LogP contribution in [0.3, 0.4) is 0 Å². The van der Waals surface area contributed by atoms with Crippen molar-refractivity contribution in [1.82, 2.24) is 10.2 Å². The highest BCUT2D eigenvalue weighted by molar-refractivity contribution is 5.75. The Kier molecular flexibility index (Phi) is 3.15. The van der Waals surface area contributed by atoms with Crippen LogP contribution < -0.4 is 4.90 Å². The van der Waals surface area contributed by atoms with E-state index < -0.39 is 11.4 Å². The van der Waals surface area contributed by atoms with Crippen LogP contribution in [0.4, 0.5) is 5.82 Å². The lowest BCUT2D eigenvalue weighted by molar-refractivity contribution is -0.148. The van der Waals surface area contributed by atoms with Crippen LogP contribution in [0.2, 0.25) is 0 Å². The molecule has 1 aromatic heterocycles. The van der Waals surface area contributed by atoms with Crippen LogP contribution in [0, 0.1) is 16.7 Å². The van der Waals surface area contributed by atoms with E-state index in [1.54, 1.807) is 13.0 Å². The van der Waals surface area contributed by atoms with Crippen LogP contribution in [0.5, 0.6) is 0 Å². The van der Waals surface area contributed by atoms with Crippen molar-refractivity contribution in [3.05, 3.63) is 17.8 Å². The van der Waals surface area contributed by atoms with Crippen LogP contribution in [0.25, 0.3) is 0 Å². The monoisotopic (exact) mass is 246 g/mol. The maximum Gasteiger partial charge on any atom is 0.311 e. The summed E-state index contributed by atoms with van der Waals surface area (Å²) in [5.74, 6) is -0.332. The van der Waals surface area contributed by atoms with Gasteiger partial charge in [0.1, 0.15) is 6.07 Å². The van der Waals surface area contributed by atoms with Gasteiger partial charge in [-0.25, -0.2) is 0 Å². The van der Waals surface area contributed by atoms with Crippen LogP contribution in [-0.4, -0.2) is 34.4 Å². The van der Waals surface area contributed by atoms with E-state index in [2.05, 4.69) is 16.3 Å². The van der Waals surface area contributed by atoms with Gasteiger partial charge in [0.25, 0.3) is 0 Å². The summed E-state index contributed by atoms with van der Waals surface area (Å²) < 4.78 is 0. The van der Waals surface area contributed by atoms with Crippen molar-refractivity contribution in [3.63, 3.8) is 0 Å². The van der Waals surface area contributed by atoms with Crippen LogP contribution in [0.1, 0.15) is 25.3 Å². The number of carboxylic acids is 1. The maximum atomic E-state index is 11.3. The molecule has 2 rings (SSSR count). The van der Waals surface area contributed by atoms with Crippen molar-refractivity contribution in [2.24, 2.45) is 5.41 Å². The first-order valence-electron chi connectivity index (χ1n) is 5.77. The topological polar surface area (TPSA) is 90.1 Å². The summed E-state index contributed by atoms with van der Waals surface area (Å²) in [4.78, 5) is 13.1. The molecule has 1 aliphatic rings. The number of anilines is 1. The lowest BCUT2D eigenvalue weighted by atomic mass is 9.82. The molecule has 0 aliphatic carbocycles. The van der Waals surface area contributed by atoms with Gasteiger partial charge in [-0.05, 0) is 25.8 Å². The number of carbonyl (C=O) groups is 1. The molecular formula is C12H14N4O2. The summed E-state index contributed by atoms with van der Waals surface area (Å²) in [6, 6.07) is 3.65. The fraction of sp³-hybridized carbons (Fsp3) is 0.500. The third kappa shape index (κ3) is 2.12. The number of rotatable bonds is 2. The molecule has 1 saturated heterocycles. The number of hydrogen-bond acceptors (Lipinski definition) is 5. The smallest absolute Gasteiger partial charge is 0.311 e. The van der Waals surface area contributed by atoms with E-state index in [1.165, 1.54) is 6.20 Å². The minimum Gasteiger partial charge on any atom is -0.481 e. The Hall–Kier alpha value is -2.16. The summed E-state index contributed by atoms with van der Waals surface area (Å²) in [7, 11) is 0. The molecule has 1 fully saturated rings. The second-order valence-electron chi connectivity index (χ2n) is 4.77. The fourth-order valence-corrected chi connectivity index (χ4v) is 2.24. The SMILES string of the molecule is CC1(C(=O)O)CCCN(c2nnccc2C#N)C1. The largest absolute Gasteiger partial charge is 0.481 e. The first-order valence-corrected chi connectivity index (χ1v) is 5.77. The van der Waals surface area contributed by atoms with Crippen molar-refractivity contribution >= 4 is 11.8 Å². The molecule has 6 nitrogen and oxygen atoms in total. The van der Waals surface area contributed by atoms with Crippen molar-refractivity contribution in [1.29, 1.82) is 5.26 Å². The summed E-state index contributed by atoms with van der Waals surface area (Å²) >= 11 is 0. The molecule has 18 heavy (non-hydrogen) atoms. The molecule has 0 amide bonds. The highest BCUT2D eigenvalue weighted by Gasteiger charge is 2.38. The Labute approximate surface area is 105 Å². The summed E-state index contributed by atoms with van der Waals surface area (Å²) in [5.41, 5.74) is -0.359. The first-order chi connectivity index (χ1) is 8.57. The highest BCUT2D eigenvalue weighted by atomic mass is 16.4. The Morgan fingerprint density at radius 3 is 3.11 bits per heavy atom. The predicted molar refractivity (Wildman–Crippen MR) is 63.9 cm³/mol. The van der Waals surface area contributed by atoms with Gasteiger partial charge in [-0.1, -0.05) is 0 Å². The molecule has 0 radical (unpaired) electrons.